The van der Waals surface area contributed by atoms with Gasteiger partial charge in [0.1, 0.15) is 11.4 Å². The minimum absolute atomic E-state index is 0.0204. The Hall–Kier alpha value is -3.15. The van der Waals surface area contributed by atoms with Crippen molar-refractivity contribution >= 4 is 11.0 Å². The summed E-state index contributed by atoms with van der Waals surface area (Å²) in [6, 6.07) is 13.9. The van der Waals surface area contributed by atoms with Crippen molar-refractivity contribution in [3.05, 3.63) is 60.2 Å². The van der Waals surface area contributed by atoms with Crippen LogP contribution in [0.1, 0.15) is 37.6 Å². The third kappa shape index (κ3) is 2.45. The van der Waals surface area contributed by atoms with Crippen molar-refractivity contribution in [1.29, 1.82) is 0 Å². The largest absolute Gasteiger partial charge is 0.488 e. The molecule has 26 heavy (non-hydrogen) atoms. The summed E-state index contributed by atoms with van der Waals surface area (Å²) in [5, 5.41) is 4.21. The highest BCUT2D eigenvalue weighted by Gasteiger charge is 2.37. The number of benzene rings is 2. The van der Waals surface area contributed by atoms with Crippen molar-refractivity contribution in [2.75, 3.05) is 0 Å². The minimum Gasteiger partial charge on any atom is -0.488 e. The van der Waals surface area contributed by atoms with Crippen LogP contribution in [0.25, 0.3) is 22.4 Å². The van der Waals surface area contributed by atoms with Crippen LogP contribution >= 0.6 is 0 Å². The second kappa shape index (κ2) is 5.42. The van der Waals surface area contributed by atoms with Crippen LogP contribution in [-0.2, 0) is 0 Å². The molecule has 6 heteroatoms. The van der Waals surface area contributed by atoms with Gasteiger partial charge in [-0.2, -0.15) is 4.98 Å². The zero-order valence-corrected chi connectivity index (χ0v) is 14.6. The molecule has 1 aliphatic rings. The van der Waals surface area contributed by atoms with Crippen molar-refractivity contribution in [2.45, 2.75) is 31.8 Å². The molecular weight excluding hydrogens is 328 g/mol. The van der Waals surface area contributed by atoms with Gasteiger partial charge in [-0.05, 0) is 38.1 Å². The van der Waals surface area contributed by atoms with E-state index in [0.717, 1.165) is 34.3 Å². The Morgan fingerprint density at radius 2 is 2.04 bits per heavy atom. The highest BCUT2D eigenvalue weighted by molar-refractivity contribution is 5.79. The molecule has 0 amide bonds. The zero-order valence-electron chi connectivity index (χ0n) is 14.6. The van der Waals surface area contributed by atoms with E-state index in [2.05, 4.69) is 35.0 Å². The van der Waals surface area contributed by atoms with Crippen LogP contribution in [0.5, 0.6) is 5.75 Å². The molecule has 2 aromatic heterocycles. The predicted molar refractivity (Wildman–Crippen MR) is 97.0 cm³/mol. The first-order chi connectivity index (χ1) is 12.6. The van der Waals surface area contributed by atoms with Crippen LogP contribution in [0.2, 0.25) is 0 Å². The van der Waals surface area contributed by atoms with Gasteiger partial charge in [0.15, 0.2) is 0 Å². The Kier molecular flexibility index (Phi) is 3.16. The Bertz CT molecular complexity index is 1100. The third-order valence-corrected chi connectivity index (χ3v) is 4.79. The molecule has 5 rings (SSSR count). The summed E-state index contributed by atoms with van der Waals surface area (Å²) >= 11 is 0. The fraction of sp³-hybridized carbons (Fsp3) is 0.250. The lowest BCUT2D eigenvalue weighted by Crippen LogP contribution is -2.35. The molecule has 1 N–H and O–H groups in total. The van der Waals surface area contributed by atoms with Crippen LogP contribution in [-0.4, -0.2) is 25.7 Å². The lowest BCUT2D eigenvalue weighted by molar-refractivity contribution is 0.0725. The highest BCUT2D eigenvalue weighted by atomic mass is 16.5. The van der Waals surface area contributed by atoms with Gasteiger partial charge in [-0.15, -0.1) is 0 Å². The van der Waals surface area contributed by atoms with E-state index in [-0.39, 0.29) is 11.5 Å². The molecule has 0 aliphatic carbocycles. The van der Waals surface area contributed by atoms with Gasteiger partial charge < -0.3 is 14.2 Å². The van der Waals surface area contributed by atoms with E-state index in [1.54, 1.807) is 6.33 Å². The standard InChI is InChI=1S/C20H18N4O2/c1-20(2)10-14(13-5-3-4-6-17(13)25-20)19-23-18(24-26-19)12-7-8-15-16(9-12)22-11-21-15/h3-9,11,14H,10H2,1-2H3,(H,21,22). The van der Waals surface area contributed by atoms with Gasteiger partial charge >= 0.3 is 0 Å². The number of nitrogens with one attached hydrogen (secondary N) is 1. The summed E-state index contributed by atoms with van der Waals surface area (Å²) in [7, 11) is 0. The molecule has 0 saturated carbocycles. The summed E-state index contributed by atoms with van der Waals surface area (Å²) in [6.45, 7) is 4.17. The monoisotopic (exact) mass is 346 g/mol. The molecule has 1 unspecified atom stereocenters. The van der Waals surface area contributed by atoms with Crippen molar-refractivity contribution in [3.63, 3.8) is 0 Å². The molecule has 0 bridgehead atoms. The summed E-state index contributed by atoms with van der Waals surface area (Å²) in [4.78, 5) is 12.0. The quantitative estimate of drug-likeness (QED) is 0.585. The number of aromatic nitrogens is 4. The number of fused-ring (bicyclic) bond motifs is 2. The van der Waals surface area contributed by atoms with Crippen LogP contribution in [0.15, 0.2) is 53.3 Å². The van der Waals surface area contributed by atoms with Gasteiger partial charge in [-0.3, -0.25) is 0 Å². The summed E-state index contributed by atoms with van der Waals surface area (Å²) in [5.41, 5.74) is 3.56. The molecule has 3 heterocycles. The molecule has 4 aromatic rings. The molecular formula is C20H18N4O2. The molecule has 0 radical (unpaired) electrons. The summed E-state index contributed by atoms with van der Waals surface area (Å²) in [6.07, 6.45) is 2.46. The third-order valence-electron chi connectivity index (χ3n) is 4.79. The maximum absolute atomic E-state index is 6.10. The van der Waals surface area contributed by atoms with Gasteiger partial charge in [0.2, 0.25) is 11.7 Å². The number of nitrogens with zero attached hydrogens (tertiary/aromatic N) is 3. The lowest BCUT2D eigenvalue weighted by atomic mass is 9.84. The van der Waals surface area contributed by atoms with Gasteiger partial charge in [-0.1, -0.05) is 23.4 Å². The topological polar surface area (TPSA) is 76.8 Å². The number of aromatic amines is 1. The number of hydrogen-bond donors (Lipinski definition) is 1. The normalized spacial score (nSPS) is 18.5. The van der Waals surface area contributed by atoms with Gasteiger partial charge in [0, 0.05) is 17.5 Å². The first-order valence-corrected chi connectivity index (χ1v) is 8.64. The van der Waals surface area contributed by atoms with Crippen molar-refractivity contribution in [1.82, 2.24) is 20.1 Å². The SMILES string of the molecule is CC1(C)CC(c2nc(-c3ccc4nc[nH]c4c3)no2)c2ccccc2O1. The summed E-state index contributed by atoms with van der Waals surface area (Å²) in [5.74, 6) is 2.10. The second-order valence-corrected chi connectivity index (χ2v) is 7.25. The second-order valence-electron chi connectivity index (χ2n) is 7.25. The van der Waals surface area contributed by atoms with Gasteiger partial charge in [-0.25, -0.2) is 4.98 Å². The number of imidazole rings is 1. The number of hydrogen-bond acceptors (Lipinski definition) is 5. The number of H-pyrrole nitrogens is 1. The highest BCUT2D eigenvalue weighted by Crippen LogP contribution is 2.43. The van der Waals surface area contributed by atoms with E-state index in [0.29, 0.717) is 11.7 Å². The predicted octanol–water partition coefficient (Wildman–Crippen LogP) is 4.31. The Balaban J connectivity index is 1.55. The minimum atomic E-state index is -0.289. The van der Waals surface area contributed by atoms with Crippen molar-refractivity contribution in [3.8, 4) is 17.1 Å². The van der Waals surface area contributed by atoms with E-state index < -0.39 is 0 Å². The average Bonchev–Trinajstić information content (AvgIpc) is 3.29. The number of para-hydroxylation sites is 1. The number of rotatable bonds is 2. The van der Waals surface area contributed by atoms with E-state index in [1.165, 1.54) is 0 Å². The first-order valence-electron chi connectivity index (χ1n) is 8.64. The molecule has 0 spiro atoms. The van der Waals surface area contributed by atoms with Crippen molar-refractivity contribution in [2.24, 2.45) is 0 Å². The molecule has 0 fully saturated rings. The zero-order chi connectivity index (χ0) is 17.7. The molecule has 6 nitrogen and oxygen atoms in total. The number of ether oxygens (including phenoxy) is 1. The molecule has 2 aromatic carbocycles. The van der Waals surface area contributed by atoms with E-state index in [4.69, 9.17) is 14.2 Å². The fourth-order valence-corrected chi connectivity index (χ4v) is 3.59. The van der Waals surface area contributed by atoms with Crippen LogP contribution in [0.3, 0.4) is 0 Å². The smallest absolute Gasteiger partial charge is 0.234 e. The maximum atomic E-state index is 6.10. The van der Waals surface area contributed by atoms with E-state index in [9.17, 15) is 0 Å². The van der Waals surface area contributed by atoms with Crippen molar-refractivity contribution < 1.29 is 9.26 Å². The maximum Gasteiger partial charge on any atom is 0.234 e. The van der Waals surface area contributed by atoms with Crippen LogP contribution in [0.4, 0.5) is 0 Å². The van der Waals surface area contributed by atoms with Gasteiger partial charge in [0.05, 0.1) is 23.3 Å². The molecule has 0 saturated heterocycles. The average molecular weight is 346 g/mol. The van der Waals surface area contributed by atoms with Crippen LogP contribution in [0, 0.1) is 0 Å². The Morgan fingerprint density at radius 1 is 1.15 bits per heavy atom. The molecule has 1 aliphatic heterocycles. The van der Waals surface area contributed by atoms with E-state index >= 15 is 0 Å². The fourth-order valence-electron chi connectivity index (χ4n) is 3.59. The van der Waals surface area contributed by atoms with Crippen LogP contribution < -0.4 is 4.74 Å². The van der Waals surface area contributed by atoms with E-state index in [1.807, 2.05) is 36.4 Å². The van der Waals surface area contributed by atoms with Gasteiger partial charge in [0.25, 0.3) is 0 Å². The first kappa shape index (κ1) is 15.1. The Labute approximate surface area is 150 Å². The summed E-state index contributed by atoms with van der Waals surface area (Å²) < 4.78 is 11.8. The lowest BCUT2D eigenvalue weighted by Gasteiger charge is -2.36. The molecule has 130 valence electrons. The molecule has 1 atom stereocenters. The Morgan fingerprint density at radius 3 is 2.96 bits per heavy atom.